The number of aryl methyl sites for hydroxylation is 1. The van der Waals surface area contributed by atoms with Crippen LogP contribution in [0.5, 0.6) is 0 Å². The third-order valence-corrected chi connectivity index (χ3v) is 3.66. The maximum Gasteiger partial charge on any atom is 0.255 e. The van der Waals surface area contributed by atoms with Crippen LogP contribution >= 0.6 is 11.6 Å². The lowest BCUT2D eigenvalue weighted by Gasteiger charge is -2.15. The van der Waals surface area contributed by atoms with E-state index in [2.05, 4.69) is 15.3 Å². The van der Waals surface area contributed by atoms with Gasteiger partial charge in [-0.05, 0) is 43.9 Å². The number of aromatic amines is 1. The number of H-pyrrole nitrogens is 1. The number of fused-ring (bicyclic) bond motifs is 1. The molecule has 0 saturated heterocycles. The monoisotopic (exact) mass is 293 g/mol. The molecule has 0 saturated carbocycles. The largest absolute Gasteiger partial charge is 0.326 e. The standard InChI is InChI=1S/C14H13ClFN3O/c15-10-7-8(5-6-11(10)16)17-14-18-12-4-2-1-3-9(12)13(20)19-14/h5-7H,1-4H2,(H2,17,18,19,20). The quantitative estimate of drug-likeness (QED) is 0.894. The Labute approximate surface area is 120 Å². The smallest absolute Gasteiger partial charge is 0.255 e. The molecule has 0 amide bonds. The number of hydrogen-bond acceptors (Lipinski definition) is 3. The predicted molar refractivity (Wildman–Crippen MR) is 76.2 cm³/mol. The summed E-state index contributed by atoms with van der Waals surface area (Å²) in [6, 6.07) is 4.26. The van der Waals surface area contributed by atoms with Gasteiger partial charge in [-0.2, -0.15) is 0 Å². The van der Waals surface area contributed by atoms with Crippen molar-refractivity contribution in [3.05, 3.63) is 50.7 Å². The second kappa shape index (κ2) is 5.25. The summed E-state index contributed by atoms with van der Waals surface area (Å²) in [6.45, 7) is 0. The van der Waals surface area contributed by atoms with Crippen LogP contribution in [0.25, 0.3) is 0 Å². The molecule has 104 valence electrons. The summed E-state index contributed by atoms with van der Waals surface area (Å²) >= 11 is 5.72. The van der Waals surface area contributed by atoms with Crippen LogP contribution in [0.3, 0.4) is 0 Å². The van der Waals surface area contributed by atoms with Crippen LogP contribution in [0.4, 0.5) is 16.0 Å². The van der Waals surface area contributed by atoms with E-state index in [1.54, 1.807) is 6.07 Å². The molecule has 0 aliphatic heterocycles. The summed E-state index contributed by atoms with van der Waals surface area (Å²) in [5, 5.41) is 2.97. The minimum Gasteiger partial charge on any atom is -0.326 e. The summed E-state index contributed by atoms with van der Waals surface area (Å²) in [7, 11) is 0. The Bertz CT molecular complexity index is 714. The van der Waals surface area contributed by atoms with Gasteiger partial charge in [0.2, 0.25) is 5.95 Å². The highest BCUT2D eigenvalue weighted by molar-refractivity contribution is 6.31. The fraction of sp³-hybridized carbons (Fsp3) is 0.286. The molecule has 0 fully saturated rings. The third-order valence-electron chi connectivity index (χ3n) is 3.37. The van der Waals surface area contributed by atoms with E-state index in [9.17, 15) is 9.18 Å². The molecule has 0 bridgehead atoms. The molecule has 0 spiro atoms. The lowest BCUT2D eigenvalue weighted by atomic mass is 9.97. The van der Waals surface area contributed by atoms with Gasteiger partial charge in [0.1, 0.15) is 5.82 Å². The summed E-state index contributed by atoms with van der Waals surface area (Å²) < 4.78 is 13.1. The molecule has 0 unspecified atom stereocenters. The van der Waals surface area contributed by atoms with Crippen molar-refractivity contribution in [1.29, 1.82) is 0 Å². The fourth-order valence-corrected chi connectivity index (χ4v) is 2.55. The first-order valence-electron chi connectivity index (χ1n) is 6.47. The Kier molecular flexibility index (Phi) is 3.44. The van der Waals surface area contributed by atoms with Crippen molar-refractivity contribution in [3.8, 4) is 0 Å². The number of nitrogens with one attached hydrogen (secondary N) is 2. The SMILES string of the molecule is O=c1[nH]c(Nc2ccc(F)c(Cl)c2)nc2c1CCCC2. The third kappa shape index (κ3) is 2.54. The van der Waals surface area contributed by atoms with E-state index < -0.39 is 5.82 Å². The zero-order chi connectivity index (χ0) is 14.1. The van der Waals surface area contributed by atoms with Crippen LogP contribution in [0.15, 0.2) is 23.0 Å². The zero-order valence-electron chi connectivity index (χ0n) is 10.7. The minimum atomic E-state index is -0.482. The lowest BCUT2D eigenvalue weighted by molar-refractivity contribution is 0.628. The molecule has 20 heavy (non-hydrogen) atoms. The first-order valence-corrected chi connectivity index (χ1v) is 6.85. The van der Waals surface area contributed by atoms with Crippen molar-refractivity contribution in [2.75, 3.05) is 5.32 Å². The van der Waals surface area contributed by atoms with E-state index in [-0.39, 0.29) is 10.6 Å². The molecule has 1 aromatic heterocycles. The van der Waals surface area contributed by atoms with Crippen molar-refractivity contribution in [2.24, 2.45) is 0 Å². The molecule has 0 radical (unpaired) electrons. The van der Waals surface area contributed by atoms with Gasteiger partial charge < -0.3 is 5.32 Å². The van der Waals surface area contributed by atoms with E-state index >= 15 is 0 Å². The van der Waals surface area contributed by atoms with Gasteiger partial charge in [-0.15, -0.1) is 0 Å². The van der Waals surface area contributed by atoms with E-state index in [0.717, 1.165) is 36.9 Å². The maximum atomic E-state index is 13.1. The number of nitrogens with zero attached hydrogens (tertiary/aromatic N) is 1. The molecular formula is C14H13ClFN3O. The second-order valence-electron chi connectivity index (χ2n) is 4.80. The van der Waals surface area contributed by atoms with Gasteiger partial charge >= 0.3 is 0 Å². The van der Waals surface area contributed by atoms with Crippen molar-refractivity contribution in [2.45, 2.75) is 25.7 Å². The van der Waals surface area contributed by atoms with Gasteiger partial charge in [-0.1, -0.05) is 11.6 Å². The molecule has 1 heterocycles. The van der Waals surface area contributed by atoms with Crippen LogP contribution in [-0.2, 0) is 12.8 Å². The van der Waals surface area contributed by atoms with Crippen molar-refractivity contribution in [1.82, 2.24) is 9.97 Å². The van der Waals surface area contributed by atoms with Gasteiger partial charge in [0.15, 0.2) is 0 Å². The molecule has 6 heteroatoms. The fourth-order valence-electron chi connectivity index (χ4n) is 2.37. The topological polar surface area (TPSA) is 57.8 Å². The average molecular weight is 294 g/mol. The highest BCUT2D eigenvalue weighted by atomic mass is 35.5. The highest BCUT2D eigenvalue weighted by Crippen LogP contribution is 2.22. The predicted octanol–water partition coefficient (Wildman–Crippen LogP) is 3.18. The number of anilines is 2. The van der Waals surface area contributed by atoms with Gasteiger partial charge in [0.05, 0.1) is 10.7 Å². The summed E-state index contributed by atoms with van der Waals surface area (Å²) in [4.78, 5) is 19.1. The van der Waals surface area contributed by atoms with Gasteiger partial charge in [-0.3, -0.25) is 9.78 Å². The Morgan fingerprint density at radius 2 is 2.10 bits per heavy atom. The molecule has 1 aliphatic rings. The number of benzene rings is 1. The van der Waals surface area contributed by atoms with Crippen LogP contribution in [-0.4, -0.2) is 9.97 Å². The van der Waals surface area contributed by atoms with Crippen LogP contribution < -0.4 is 10.9 Å². The minimum absolute atomic E-state index is 0.0234. The molecule has 2 N–H and O–H groups in total. The Hall–Kier alpha value is -1.88. The highest BCUT2D eigenvalue weighted by Gasteiger charge is 2.15. The first kappa shape index (κ1) is 13.1. The summed E-state index contributed by atoms with van der Waals surface area (Å²) in [6.07, 6.45) is 3.67. The first-order chi connectivity index (χ1) is 9.63. The number of rotatable bonds is 2. The van der Waals surface area contributed by atoms with E-state index in [0.29, 0.717) is 11.6 Å². The van der Waals surface area contributed by atoms with Crippen molar-refractivity contribution < 1.29 is 4.39 Å². The number of aromatic nitrogens is 2. The Morgan fingerprint density at radius 1 is 1.30 bits per heavy atom. The van der Waals surface area contributed by atoms with Gasteiger partial charge in [-0.25, -0.2) is 9.37 Å². The molecule has 4 nitrogen and oxygen atoms in total. The summed E-state index contributed by atoms with van der Waals surface area (Å²) in [5.74, 6) is -0.123. The molecule has 3 rings (SSSR count). The molecule has 0 atom stereocenters. The van der Waals surface area contributed by atoms with Crippen molar-refractivity contribution >= 4 is 23.2 Å². The summed E-state index contributed by atoms with van der Waals surface area (Å²) in [5.41, 5.74) is 2.09. The Morgan fingerprint density at radius 3 is 2.90 bits per heavy atom. The van der Waals surface area contributed by atoms with Crippen LogP contribution in [0.2, 0.25) is 5.02 Å². The molecular weight excluding hydrogens is 281 g/mol. The number of halogens is 2. The number of hydrogen-bond donors (Lipinski definition) is 2. The molecule has 1 aromatic carbocycles. The molecule has 2 aromatic rings. The lowest BCUT2D eigenvalue weighted by Crippen LogP contribution is -2.22. The zero-order valence-corrected chi connectivity index (χ0v) is 11.4. The Balaban J connectivity index is 1.93. The van der Waals surface area contributed by atoms with E-state index in [1.807, 2.05) is 0 Å². The van der Waals surface area contributed by atoms with Crippen LogP contribution in [0, 0.1) is 5.82 Å². The van der Waals surface area contributed by atoms with E-state index in [1.165, 1.54) is 12.1 Å². The second-order valence-corrected chi connectivity index (χ2v) is 5.21. The van der Waals surface area contributed by atoms with Crippen molar-refractivity contribution in [3.63, 3.8) is 0 Å². The van der Waals surface area contributed by atoms with Gasteiger partial charge in [0.25, 0.3) is 5.56 Å². The normalized spacial score (nSPS) is 13.9. The van der Waals surface area contributed by atoms with Crippen LogP contribution in [0.1, 0.15) is 24.1 Å². The van der Waals surface area contributed by atoms with Gasteiger partial charge in [0, 0.05) is 11.3 Å². The molecule has 1 aliphatic carbocycles. The van der Waals surface area contributed by atoms with E-state index in [4.69, 9.17) is 11.6 Å². The maximum absolute atomic E-state index is 13.1. The average Bonchev–Trinajstić information content (AvgIpc) is 2.43.